The molecule has 124 valence electrons. The molecule has 6 nitrogen and oxygen atoms in total. The highest BCUT2D eigenvalue weighted by Crippen LogP contribution is 2.19. The first-order valence-electron chi connectivity index (χ1n) is 8.28. The molecule has 1 aromatic carbocycles. The van der Waals surface area contributed by atoms with Gasteiger partial charge in [-0.1, -0.05) is 12.1 Å². The van der Waals surface area contributed by atoms with Gasteiger partial charge in [0.2, 0.25) is 0 Å². The van der Waals surface area contributed by atoms with Gasteiger partial charge in [-0.25, -0.2) is 9.78 Å². The van der Waals surface area contributed by atoms with E-state index in [0.717, 1.165) is 42.7 Å². The van der Waals surface area contributed by atoms with Gasteiger partial charge in [0, 0.05) is 32.0 Å². The first-order valence-corrected chi connectivity index (χ1v) is 8.28. The van der Waals surface area contributed by atoms with E-state index < -0.39 is 0 Å². The highest BCUT2D eigenvalue weighted by Gasteiger charge is 2.28. The number of imidazole rings is 1. The van der Waals surface area contributed by atoms with E-state index in [2.05, 4.69) is 15.3 Å². The number of carbonyl (C=O) groups is 1. The lowest BCUT2D eigenvalue weighted by atomic mass is 10.0. The molecule has 2 heterocycles. The smallest absolute Gasteiger partial charge is 0.317 e. The van der Waals surface area contributed by atoms with Crippen molar-refractivity contribution in [3.05, 3.63) is 30.1 Å². The van der Waals surface area contributed by atoms with Gasteiger partial charge in [0.1, 0.15) is 5.82 Å². The number of carbonyl (C=O) groups excluding carboxylic acids is 1. The van der Waals surface area contributed by atoms with Crippen LogP contribution in [-0.4, -0.2) is 51.7 Å². The summed E-state index contributed by atoms with van der Waals surface area (Å²) in [6.45, 7) is 3.79. The number of aromatic nitrogens is 2. The molecule has 0 aliphatic carbocycles. The molecule has 3 N–H and O–H groups in total. The molecule has 1 aliphatic rings. The van der Waals surface area contributed by atoms with Gasteiger partial charge in [0.15, 0.2) is 0 Å². The fourth-order valence-electron chi connectivity index (χ4n) is 3.05. The van der Waals surface area contributed by atoms with E-state index in [1.165, 1.54) is 0 Å². The van der Waals surface area contributed by atoms with Crippen LogP contribution < -0.4 is 5.32 Å². The monoisotopic (exact) mass is 316 g/mol. The summed E-state index contributed by atoms with van der Waals surface area (Å²) in [6.07, 6.45) is 2.19. The maximum Gasteiger partial charge on any atom is 0.317 e. The summed E-state index contributed by atoms with van der Waals surface area (Å²) >= 11 is 0. The topological polar surface area (TPSA) is 81.2 Å². The van der Waals surface area contributed by atoms with Crippen LogP contribution in [-0.2, 0) is 6.42 Å². The van der Waals surface area contributed by atoms with Crippen molar-refractivity contribution >= 4 is 17.1 Å². The quantitative estimate of drug-likeness (QED) is 0.737. The normalized spacial score (nSPS) is 19.2. The van der Waals surface area contributed by atoms with E-state index in [4.69, 9.17) is 0 Å². The number of aliphatic hydroxyl groups excluding tert-OH is 1. The summed E-state index contributed by atoms with van der Waals surface area (Å²) in [5.74, 6) is 1.16. The van der Waals surface area contributed by atoms with E-state index in [1.54, 1.807) is 11.8 Å². The fourth-order valence-corrected chi connectivity index (χ4v) is 3.05. The minimum Gasteiger partial charge on any atom is -0.393 e. The zero-order valence-electron chi connectivity index (χ0n) is 13.5. The molecule has 1 aliphatic heterocycles. The number of aryl methyl sites for hydroxylation is 1. The maximum absolute atomic E-state index is 12.1. The van der Waals surface area contributed by atoms with Gasteiger partial charge in [-0.2, -0.15) is 0 Å². The largest absolute Gasteiger partial charge is 0.393 e. The number of aromatic amines is 1. The Morgan fingerprint density at radius 3 is 3.09 bits per heavy atom. The van der Waals surface area contributed by atoms with Crippen molar-refractivity contribution in [2.75, 3.05) is 19.6 Å². The number of rotatable bonds is 5. The highest BCUT2D eigenvalue weighted by atomic mass is 16.3. The van der Waals surface area contributed by atoms with Crippen molar-refractivity contribution in [3.63, 3.8) is 0 Å². The number of para-hydroxylation sites is 2. The minimum atomic E-state index is -0.346. The van der Waals surface area contributed by atoms with Crippen LogP contribution in [0.1, 0.15) is 25.6 Å². The number of aliphatic hydroxyl groups is 1. The number of hydrogen-bond donors (Lipinski definition) is 3. The van der Waals surface area contributed by atoms with Crippen LogP contribution in [0.15, 0.2) is 24.3 Å². The number of nitrogens with zero attached hydrogens (tertiary/aromatic N) is 2. The molecular weight excluding hydrogens is 292 g/mol. The van der Waals surface area contributed by atoms with Crippen molar-refractivity contribution in [1.29, 1.82) is 0 Å². The molecule has 2 atom stereocenters. The fraction of sp³-hybridized carbons (Fsp3) is 0.529. The number of hydrogen-bond acceptors (Lipinski definition) is 3. The lowest BCUT2D eigenvalue weighted by Crippen LogP contribution is -2.39. The molecule has 1 saturated heterocycles. The van der Waals surface area contributed by atoms with Crippen molar-refractivity contribution in [2.24, 2.45) is 5.92 Å². The Bertz CT molecular complexity index is 634. The number of H-pyrrole nitrogens is 1. The Balaban J connectivity index is 1.40. The van der Waals surface area contributed by atoms with Gasteiger partial charge in [-0.15, -0.1) is 0 Å². The lowest BCUT2D eigenvalue weighted by molar-refractivity contribution is 0.129. The summed E-state index contributed by atoms with van der Waals surface area (Å²) in [4.78, 5) is 21.7. The minimum absolute atomic E-state index is 0.0299. The van der Waals surface area contributed by atoms with E-state index >= 15 is 0 Å². The molecule has 2 amide bonds. The van der Waals surface area contributed by atoms with E-state index in [-0.39, 0.29) is 18.1 Å². The molecule has 6 heteroatoms. The molecule has 0 bridgehead atoms. The van der Waals surface area contributed by atoms with Crippen molar-refractivity contribution in [2.45, 2.75) is 32.3 Å². The molecule has 3 rings (SSSR count). The van der Waals surface area contributed by atoms with E-state index in [0.29, 0.717) is 13.1 Å². The molecule has 2 aromatic rings. The van der Waals surface area contributed by atoms with Crippen molar-refractivity contribution in [3.8, 4) is 0 Å². The predicted octanol–water partition coefficient (Wildman–Crippen LogP) is 1.91. The first kappa shape index (κ1) is 15.8. The van der Waals surface area contributed by atoms with Crippen molar-refractivity contribution in [1.82, 2.24) is 20.2 Å². The standard InChI is InChI=1S/C17H24N4O2/c1-12(22)13-8-10-21(11-13)17(23)18-9-4-7-16-19-14-5-2-3-6-15(14)20-16/h2-3,5-6,12-13,22H,4,7-11H2,1H3,(H,18,23)(H,19,20)/t12-,13-/m0/s1. The third kappa shape index (κ3) is 3.82. The lowest BCUT2D eigenvalue weighted by Gasteiger charge is -2.18. The Morgan fingerprint density at radius 2 is 2.35 bits per heavy atom. The van der Waals surface area contributed by atoms with Crippen LogP contribution in [0.5, 0.6) is 0 Å². The maximum atomic E-state index is 12.1. The molecule has 0 spiro atoms. The van der Waals surface area contributed by atoms with Gasteiger partial charge < -0.3 is 20.3 Å². The summed E-state index contributed by atoms with van der Waals surface area (Å²) in [7, 11) is 0. The summed E-state index contributed by atoms with van der Waals surface area (Å²) in [5, 5.41) is 12.5. The summed E-state index contributed by atoms with van der Waals surface area (Å²) in [5.41, 5.74) is 2.03. The average molecular weight is 316 g/mol. The number of fused-ring (bicyclic) bond motifs is 1. The number of likely N-dealkylation sites (tertiary alicyclic amines) is 1. The number of nitrogens with one attached hydrogen (secondary N) is 2. The van der Waals surface area contributed by atoms with E-state index in [9.17, 15) is 9.90 Å². The Kier molecular flexibility index (Phi) is 4.81. The van der Waals surface area contributed by atoms with Gasteiger partial charge in [-0.05, 0) is 31.9 Å². The second-order valence-corrected chi connectivity index (χ2v) is 6.27. The highest BCUT2D eigenvalue weighted by molar-refractivity contribution is 5.75. The molecule has 0 saturated carbocycles. The number of amides is 2. The van der Waals surface area contributed by atoms with Crippen LogP contribution in [0.4, 0.5) is 4.79 Å². The zero-order chi connectivity index (χ0) is 16.2. The molecule has 0 radical (unpaired) electrons. The zero-order valence-corrected chi connectivity index (χ0v) is 13.5. The van der Waals surface area contributed by atoms with Crippen LogP contribution in [0, 0.1) is 5.92 Å². The SMILES string of the molecule is C[C@H](O)[C@H]1CCN(C(=O)NCCCc2nc3ccccc3[nH]2)C1. The van der Waals surface area contributed by atoms with Gasteiger partial charge >= 0.3 is 6.03 Å². The van der Waals surface area contributed by atoms with E-state index in [1.807, 2.05) is 24.3 Å². The molecule has 1 aromatic heterocycles. The van der Waals surface area contributed by atoms with Crippen LogP contribution in [0.2, 0.25) is 0 Å². The Labute approximate surface area is 135 Å². The molecule has 23 heavy (non-hydrogen) atoms. The average Bonchev–Trinajstić information content (AvgIpc) is 3.17. The molecule has 1 fully saturated rings. The predicted molar refractivity (Wildman–Crippen MR) is 89.2 cm³/mol. The second-order valence-electron chi connectivity index (χ2n) is 6.27. The van der Waals surface area contributed by atoms with Gasteiger partial charge in [-0.3, -0.25) is 0 Å². The number of benzene rings is 1. The van der Waals surface area contributed by atoms with Gasteiger partial charge in [0.25, 0.3) is 0 Å². The summed E-state index contributed by atoms with van der Waals surface area (Å²) in [6, 6.07) is 7.94. The summed E-state index contributed by atoms with van der Waals surface area (Å²) < 4.78 is 0. The van der Waals surface area contributed by atoms with Crippen LogP contribution in [0.25, 0.3) is 11.0 Å². The molecule has 0 unspecified atom stereocenters. The Morgan fingerprint density at radius 1 is 1.52 bits per heavy atom. The number of urea groups is 1. The third-order valence-corrected chi connectivity index (χ3v) is 4.50. The Hall–Kier alpha value is -2.08. The van der Waals surface area contributed by atoms with Crippen LogP contribution in [0.3, 0.4) is 0 Å². The third-order valence-electron chi connectivity index (χ3n) is 4.50. The first-order chi connectivity index (χ1) is 11.1. The second kappa shape index (κ2) is 7.00. The van der Waals surface area contributed by atoms with Crippen molar-refractivity contribution < 1.29 is 9.90 Å². The van der Waals surface area contributed by atoms with Gasteiger partial charge in [0.05, 0.1) is 17.1 Å². The molecular formula is C17H24N4O2. The van der Waals surface area contributed by atoms with Crippen LogP contribution >= 0.6 is 0 Å².